The molecule has 0 aliphatic heterocycles. The van der Waals surface area contributed by atoms with E-state index in [0.717, 1.165) is 12.2 Å². The summed E-state index contributed by atoms with van der Waals surface area (Å²) in [5.41, 5.74) is 3.39. The summed E-state index contributed by atoms with van der Waals surface area (Å²) in [7, 11) is 0. The van der Waals surface area contributed by atoms with Gasteiger partial charge in [0.05, 0.1) is 0 Å². The quantitative estimate of drug-likeness (QED) is 0.703. The van der Waals surface area contributed by atoms with E-state index in [1.807, 2.05) is 32.9 Å². The van der Waals surface area contributed by atoms with Gasteiger partial charge in [0.2, 0.25) is 5.91 Å². The summed E-state index contributed by atoms with van der Waals surface area (Å²) in [5, 5.41) is 0. The number of rotatable bonds is 2. The normalized spacial score (nSPS) is 10.0. The highest BCUT2D eigenvalue weighted by Crippen LogP contribution is 2.18. The Balaban J connectivity index is 3.10. The van der Waals surface area contributed by atoms with Crippen molar-refractivity contribution in [3.63, 3.8) is 0 Å². The van der Waals surface area contributed by atoms with Crippen LogP contribution < -0.4 is 4.90 Å². The maximum Gasteiger partial charge on any atom is 0.223 e. The second-order valence-corrected chi connectivity index (χ2v) is 3.61. The van der Waals surface area contributed by atoms with Crippen LogP contribution in [-0.4, -0.2) is 12.5 Å². The molecule has 2 heteroatoms. The first-order valence-corrected chi connectivity index (χ1v) is 4.91. The molecule has 1 aromatic rings. The van der Waals surface area contributed by atoms with E-state index in [1.165, 1.54) is 11.1 Å². The number of aryl methyl sites for hydroxylation is 2. The number of carbonyl (C=O) groups is 1. The standard InChI is InChI=1S/C12H17NO/c1-5-13(11(4)14)12-7-9(2)6-10(3)8-12/h6-8H,5H2,1-4H3. The van der Waals surface area contributed by atoms with Gasteiger partial charge in [0.15, 0.2) is 0 Å². The van der Waals surface area contributed by atoms with Crippen molar-refractivity contribution in [1.29, 1.82) is 0 Å². The maximum atomic E-state index is 11.3. The third-order valence-electron chi connectivity index (χ3n) is 2.21. The Hall–Kier alpha value is -1.31. The van der Waals surface area contributed by atoms with Gasteiger partial charge in [-0.15, -0.1) is 0 Å². The number of hydrogen-bond donors (Lipinski definition) is 0. The van der Waals surface area contributed by atoms with E-state index in [-0.39, 0.29) is 5.91 Å². The highest BCUT2D eigenvalue weighted by atomic mass is 16.2. The van der Waals surface area contributed by atoms with Gasteiger partial charge in [0.1, 0.15) is 0 Å². The van der Waals surface area contributed by atoms with E-state index < -0.39 is 0 Å². The zero-order valence-electron chi connectivity index (χ0n) is 9.29. The molecule has 14 heavy (non-hydrogen) atoms. The topological polar surface area (TPSA) is 20.3 Å². The largest absolute Gasteiger partial charge is 0.313 e. The van der Waals surface area contributed by atoms with Gasteiger partial charge in [-0.1, -0.05) is 6.07 Å². The summed E-state index contributed by atoms with van der Waals surface area (Å²) >= 11 is 0. The van der Waals surface area contributed by atoms with Crippen LogP contribution >= 0.6 is 0 Å². The van der Waals surface area contributed by atoms with Crippen LogP contribution in [0.5, 0.6) is 0 Å². The van der Waals surface area contributed by atoms with E-state index >= 15 is 0 Å². The summed E-state index contributed by atoms with van der Waals surface area (Å²) in [6.45, 7) is 8.40. The van der Waals surface area contributed by atoms with Gasteiger partial charge in [-0.25, -0.2) is 0 Å². The lowest BCUT2D eigenvalue weighted by molar-refractivity contribution is -0.116. The molecule has 76 valence electrons. The van der Waals surface area contributed by atoms with Crippen LogP contribution in [0, 0.1) is 13.8 Å². The summed E-state index contributed by atoms with van der Waals surface area (Å²) in [5.74, 6) is 0.0949. The van der Waals surface area contributed by atoms with Crippen molar-refractivity contribution in [3.8, 4) is 0 Å². The molecule has 1 aromatic carbocycles. The number of anilines is 1. The molecule has 0 atom stereocenters. The van der Waals surface area contributed by atoms with Crippen LogP contribution in [0.4, 0.5) is 5.69 Å². The number of carbonyl (C=O) groups excluding carboxylic acids is 1. The average Bonchev–Trinajstić information content (AvgIpc) is 2.02. The molecule has 0 unspecified atom stereocenters. The molecule has 1 amide bonds. The van der Waals surface area contributed by atoms with Crippen LogP contribution in [0.1, 0.15) is 25.0 Å². The van der Waals surface area contributed by atoms with Crippen LogP contribution in [-0.2, 0) is 4.79 Å². The molecule has 0 fully saturated rings. The number of benzene rings is 1. The van der Waals surface area contributed by atoms with E-state index in [4.69, 9.17) is 0 Å². The molecule has 0 saturated carbocycles. The molecular weight excluding hydrogens is 174 g/mol. The van der Waals surface area contributed by atoms with Gasteiger partial charge in [-0.05, 0) is 44.0 Å². The molecule has 0 aliphatic carbocycles. The van der Waals surface area contributed by atoms with Crippen molar-refractivity contribution in [1.82, 2.24) is 0 Å². The molecule has 0 aromatic heterocycles. The van der Waals surface area contributed by atoms with Crippen LogP contribution in [0.2, 0.25) is 0 Å². The maximum absolute atomic E-state index is 11.3. The van der Waals surface area contributed by atoms with E-state index in [1.54, 1.807) is 11.8 Å². The van der Waals surface area contributed by atoms with E-state index in [9.17, 15) is 4.79 Å². The fourth-order valence-corrected chi connectivity index (χ4v) is 1.69. The molecule has 0 saturated heterocycles. The molecule has 0 radical (unpaired) electrons. The number of hydrogen-bond acceptors (Lipinski definition) is 1. The Labute approximate surface area is 85.5 Å². The van der Waals surface area contributed by atoms with Gasteiger partial charge < -0.3 is 4.90 Å². The predicted molar refractivity (Wildman–Crippen MR) is 59.6 cm³/mol. The van der Waals surface area contributed by atoms with Crippen molar-refractivity contribution in [2.24, 2.45) is 0 Å². The van der Waals surface area contributed by atoms with E-state index in [0.29, 0.717) is 0 Å². The Kier molecular flexibility index (Phi) is 3.28. The SMILES string of the molecule is CCN(C(C)=O)c1cc(C)cc(C)c1. The van der Waals surface area contributed by atoms with Crippen LogP contribution in [0.25, 0.3) is 0 Å². The van der Waals surface area contributed by atoms with Gasteiger partial charge >= 0.3 is 0 Å². The Morgan fingerprint density at radius 3 is 2.07 bits per heavy atom. The van der Waals surface area contributed by atoms with Gasteiger partial charge in [0.25, 0.3) is 0 Å². The molecule has 2 nitrogen and oxygen atoms in total. The minimum Gasteiger partial charge on any atom is -0.313 e. The van der Waals surface area contributed by atoms with E-state index in [2.05, 4.69) is 6.07 Å². The highest BCUT2D eigenvalue weighted by molar-refractivity contribution is 5.91. The molecule has 0 heterocycles. The monoisotopic (exact) mass is 191 g/mol. The Bertz CT molecular complexity index is 324. The number of amides is 1. The van der Waals surface area contributed by atoms with Gasteiger partial charge in [-0.3, -0.25) is 4.79 Å². The average molecular weight is 191 g/mol. The van der Waals surface area contributed by atoms with Crippen LogP contribution in [0.15, 0.2) is 18.2 Å². The lowest BCUT2D eigenvalue weighted by atomic mass is 10.1. The molecule has 0 bridgehead atoms. The number of nitrogens with zero attached hydrogens (tertiary/aromatic N) is 1. The first-order valence-electron chi connectivity index (χ1n) is 4.91. The minimum absolute atomic E-state index is 0.0949. The summed E-state index contributed by atoms with van der Waals surface area (Å²) in [6.07, 6.45) is 0. The zero-order chi connectivity index (χ0) is 10.7. The third-order valence-corrected chi connectivity index (χ3v) is 2.21. The second-order valence-electron chi connectivity index (χ2n) is 3.61. The minimum atomic E-state index is 0.0949. The predicted octanol–water partition coefficient (Wildman–Crippen LogP) is 2.68. The summed E-state index contributed by atoms with van der Waals surface area (Å²) in [4.78, 5) is 13.1. The summed E-state index contributed by atoms with van der Waals surface area (Å²) < 4.78 is 0. The van der Waals surface area contributed by atoms with Crippen molar-refractivity contribution < 1.29 is 4.79 Å². The third kappa shape index (κ3) is 2.34. The van der Waals surface area contributed by atoms with Crippen molar-refractivity contribution in [2.75, 3.05) is 11.4 Å². The van der Waals surface area contributed by atoms with Crippen molar-refractivity contribution >= 4 is 11.6 Å². The highest BCUT2D eigenvalue weighted by Gasteiger charge is 2.08. The fourth-order valence-electron chi connectivity index (χ4n) is 1.69. The lowest BCUT2D eigenvalue weighted by Gasteiger charge is -2.20. The van der Waals surface area contributed by atoms with Crippen molar-refractivity contribution in [3.05, 3.63) is 29.3 Å². The second kappa shape index (κ2) is 4.27. The smallest absolute Gasteiger partial charge is 0.223 e. The Morgan fingerprint density at radius 2 is 1.71 bits per heavy atom. The van der Waals surface area contributed by atoms with Gasteiger partial charge in [0, 0.05) is 19.2 Å². The molecule has 0 N–H and O–H groups in total. The molecule has 0 aliphatic rings. The lowest BCUT2D eigenvalue weighted by Crippen LogP contribution is -2.27. The molecule has 0 spiro atoms. The summed E-state index contributed by atoms with van der Waals surface area (Å²) in [6, 6.07) is 6.19. The first-order chi connectivity index (χ1) is 6.54. The fraction of sp³-hybridized carbons (Fsp3) is 0.417. The van der Waals surface area contributed by atoms with Crippen LogP contribution in [0.3, 0.4) is 0 Å². The molecular formula is C12H17NO. The van der Waals surface area contributed by atoms with Gasteiger partial charge in [-0.2, -0.15) is 0 Å². The Morgan fingerprint density at radius 1 is 1.21 bits per heavy atom. The zero-order valence-corrected chi connectivity index (χ0v) is 9.29. The molecule has 1 rings (SSSR count). The van der Waals surface area contributed by atoms with Crippen molar-refractivity contribution in [2.45, 2.75) is 27.7 Å². The first kappa shape index (κ1) is 10.8.